The maximum absolute atomic E-state index is 12.8. The minimum absolute atomic E-state index is 0.0276. The molecule has 2 N–H and O–H groups in total. The van der Waals surface area contributed by atoms with Crippen molar-refractivity contribution in [3.63, 3.8) is 0 Å². The lowest BCUT2D eigenvalue weighted by molar-refractivity contribution is -0.123. The predicted octanol–water partition coefficient (Wildman–Crippen LogP) is 4.25. The zero-order valence-corrected chi connectivity index (χ0v) is 21.5. The number of furan rings is 1. The van der Waals surface area contributed by atoms with E-state index in [1.165, 1.54) is 25.3 Å². The maximum Gasteiger partial charge on any atom is 0.373 e. The van der Waals surface area contributed by atoms with E-state index >= 15 is 0 Å². The normalized spacial score (nSPS) is 14.0. The van der Waals surface area contributed by atoms with Crippen LogP contribution in [0.5, 0.6) is 5.75 Å². The Kier molecular flexibility index (Phi) is 7.73. The number of urea groups is 1. The summed E-state index contributed by atoms with van der Waals surface area (Å²) in [6.07, 6.45) is 1.52. The van der Waals surface area contributed by atoms with Gasteiger partial charge in [0.25, 0.3) is 11.8 Å². The second kappa shape index (κ2) is 11.1. The fourth-order valence-electron chi connectivity index (χ4n) is 3.48. The minimum Gasteiger partial charge on any atom is -0.483 e. The van der Waals surface area contributed by atoms with Crippen LogP contribution >= 0.6 is 15.9 Å². The number of carbonyl (C=O) groups excluding carboxylic acids is 4. The average molecular weight is 568 g/mol. The van der Waals surface area contributed by atoms with E-state index in [-0.39, 0.29) is 36.3 Å². The molecule has 37 heavy (non-hydrogen) atoms. The molecule has 0 atom stereocenters. The van der Waals surface area contributed by atoms with Crippen LogP contribution in [0.25, 0.3) is 6.08 Å². The summed E-state index contributed by atoms with van der Waals surface area (Å²) in [5, 5.41) is 5.33. The highest BCUT2D eigenvalue weighted by Crippen LogP contribution is 2.28. The largest absolute Gasteiger partial charge is 0.483 e. The third-order valence-corrected chi connectivity index (χ3v) is 5.99. The van der Waals surface area contributed by atoms with Crippen molar-refractivity contribution in [3.8, 4) is 5.75 Å². The minimum atomic E-state index is -0.658. The van der Waals surface area contributed by atoms with Gasteiger partial charge in [-0.3, -0.25) is 14.5 Å². The van der Waals surface area contributed by atoms with Crippen molar-refractivity contribution in [2.75, 3.05) is 19.0 Å². The number of para-hydroxylation sites is 1. The molecule has 0 unspecified atom stereocenters. The van der Waals surface area contributed by atoms with Crippen molar-refractivity contribution in [2.24, 2.45) is 0 Å². The van der Waals surface area contributed by atoms with Crippen LogP contribution in [0.2, 0.25) is 0 Å². The molecule has 0 aliphatic carbocycles. The number of hydrogen-bond acceptors (Lipinski definition) is 7. The van der Waals surface area contributed by atoms with Crippen LogP contribution < -0.4 is 15.4 Å². The van der Waals surface area contributed by atoms with E-state index in [0.29, 0.717) is 21.5 Å². The summed E-state index contributed by atoms with van der Waals surface area (Å²) in [6.45, 7) is 1.55. The number of nitrogens with one attached hydrogen (secondary N) is 2. The Labute approximate surface area is 220 Å². The quantitative estimate of drug-likeness (QED) is 0.236. The van der Waals surface area contributed by atoms with Crippen molar-refractivity contribution >= 4 is 51.5 Å². The number of halogens is 1. The number of methoxy groups -OCH3 is 1. The number of anilines is 1. The number of esters is 1. The topological polar surface area (TPSA) is 127 Å². The third-order valence-electron chi connectivity index (χ3n) is 5.37. The first-order valence-corrected chi connectivity index (χ1v) is 11.8. The first-order chi connectivity index (χ1) is 17.7. The summed E-state index contributed by atoms with van der Waals surface area (Å²) in [5.74, 6) is -0.855. The molecule has 1 saturated heterocycles. The highest BCUT2D eigenvalue weighted by Gasteiger charge is 2.34. The number of ether oxygens (including phenoxy) is 2. The number of nitrogens with zero attached hydrogens (tertiary/aromatic N) is 1. The Hall–Kier alpha value is -4.38. The standard InChI is InChI=1S/C26H22BrN3O7/c1-15-5-3-4-6-19(15)28-23(31)14-36-21-9-7-16(11-18(21)27)12-20-24(32)30(26(34)29-20)13-17-8-10-22(37-17)25(33)35-2/h3-12H,13-14H2,1-2H3,(H,28,31)(H,29,34)/b20-12-. The van der Waals surface area contributed by atoms with Gasteiger partial charge in [0.2, 0.25) is 5.76 Å². The second-order valence-electron chi connectivity index (χ2n) is 7.98. The smallest absolute Gasteiger partial charge is 0.373 e. The summed E-state index contributed by atoms with van der Waals surface area (Å²) in [4.78, 5) is 49.9. The van der Waals surface area contributed by atoms with Gasteiger partial charge in [0.1, 0.15) is 17.2 Å². The zero-order valence-electron chi connectivity index (χ0n) is 19.9. The molecular weight excluding hydrogens is 546 g/mol. The zero-order chi connectivity index (χ0) is 26.5. The van der Waals surface area contributed by atoms with Crippen LogP contribution in [0.4, 0.5) is 10.5 Å². The number of amides is 4. The van der Waals surface area contributed by atoms with Crippen molar-refractivity contribution in [1.82, 2.24) is 10.2 Å². The van der Waals surface area contributed by atoms with E-state index in [0.717, 1.165) is 10.5 Å². The van der Waals surface area contributed by atoms with Crippen LogP contribution in [0.15, 0.2) is 69.2 Å². The van der Waals surface area contributed by atoms with Crippen molar-refractivity contribution in [1.29, 1.82) is 0 Å². The van der Waals surface area contributed by atoms with Gasteiger partial charge in [0, 0.05) is 5.69 Å². The number of rotatable bonds is 8. The molecular formula is C26H22BrN3O7. The van der Waals surface area contributed by atoms with E-state index < -0.39 is 17.9 Å². The van der Waals surface area contributed by atoms with Crippen LogP contribution in [-0.4, -0.2) is 42.4 Å². The second-order valence-corrected chi connectivity index (χ2v) is 8.83. The molecule has 4 amide bonds. The van der Waals surface area contributed by atoms with Crippen LogP contribution in [0.3, 0.4) is 0 Å². The molecule has 1 fully saturated rings. The maximum atomic E-state index is 12.8. The summed E-state index contributed by atoms with van der Waals surface area (Å²) in [7, 11) is 1.22. The number of hydrogen-bond donors (Lipinski definition) is 2. The Bertz CT molecular complexity index is 1410. The lowest BCUT2D eigenvalue weighted by Crippen LogP contribution is -2.30. The van der Waals surface area contributed by atoms with Crippen LogP contribution in [0, 0.1) is 6.92 Å². The lowest BCUT2D eigenvalue weighted by Gasteiger charge is -2.11. The summed E-state index contributed by atoms with van der Waals surface area (Å²) in [5.41, 5.74) is 2.34. The molecule has 11 heteroatoms. The highest BCUT2D eigenvalue weighted by atomic mass is 79.9. The molecule has 1 aliphatic heterocycles. The van der Waals surface area contributed by atoms with E-state index in [4.69, 9.17) is 9.15 Å². The van der Waals surface area contributed by atoms with Gasteiger partial charge in [-0.05, 0) is 70.4 Å². The fraction of sp³-hybridized carbons (Fsp3) is 0.154. The van der Waals surface area contributed by atoms with Gasteiger partial charge in [-0.2, -0.15) is 0 Å². The van der Waals surface area contributed by atoms with Gasteiger partial charge in [-0.15, -0.1) is 0 Å². The van der Waals surface area contributed by atoms with Gasteiger partial charge < -0.3 is 24.5 Å². The van der Waals surface area contributed by atoms with Crippen LogP contribution in [0.1, 0.15) is 27.4 Å². The van der Waals surface area contributed by atoms with Crippen LogP contribution in [-0.2, 0) is 20.9 Å². The Morgan fingerprint density at radius 1 is 1.14 bits per heavy atom. The molecule has 1 aromatic heterocycles. The monoisotopic (exact) mass is 567 g/mol. The first kappa shape index (κ1) is 25.7. The molecule has 3 aromatic rings. The Morgan fingerprint density at radius 3 is 2.65 bits per heavy atom. The Balaban J connectivity index is 1.38. The summed E-state index contributed by atoms with van der Waals surface area (Å²) >= 11 is 3.41. The fourth-order valence-corrected chi connectivity index (χ4v) is 3.99. The van der Waals surface area contributed by atoms with E-state index in [1.807, 2.05) is 31.2 Å². The van der Waals surface area contributed by atoms with Crippen molar-refractivity contribution in [2.45, 2.75) is 13.5 Å². The Morgan fingerprint density at radius 2 is 1.92 bits per heavy atom. The molecule has 4 rings (SSSR count). The average Bonchev–Trinajstić information content (AvgIpc) is 3.45. The van der Waals surface area contributed by atoms with Gasteiger partial charge in [-0.1, -0.05) is 24.3 Å². The molecule has 10 nitrogen and oxygen atoms in total. The summed E-state index contributed by atoms with van der Waals surface area (Å²) in [6, 6.07) is 14.7. The van der Waals surface area contributed by atoms with Gasteiger partial charge in [0.15, 0.2) is 6.61 Å². The molecule has 0 saturated carbocycles. The van der Waals surface area contributed by atoms with Gasteiger partial charge in [-0.25, -0.2) is 9.59 Å². The molecule has 0 radical (unpaired) electrons. The van der Waals surface area contributed by atoms with Crippen molar-refractivity contribution < 1.29 is 33.1 Å². The van der Waals surface area contributed by atoms with E-state index in [2.05, 4.69) is 31.3 Å². The first-order valence-electron chi connectivity index (χ1n) is 11.0. The SMILES string of the molecule is COC(=O)c1ccc(CN2C(=O)N/C(=C\c3ccc(OCC(=O)Nc4ccccc4C)c(Br)c3)C2=O)o1. The van der Waals surface area contributed by atoms with Gasteiger partial charge in [0.05, 0.1) is 18.1 Å². The third kappa shape index (κ3) is 6.07. The molecule has 2 heterocycles. The lowest BCUT2D eigenvalue weighted by atomic mass is 10.2. The van der Waals surface area contributed by atoms with Gasteiger partial charge >= 0.3 is 12.0 Å². The number of imide groups is 1. The number of aryl methyl sites for hydroxylation is 1. The van der Waals surface area contributed by atoms with E-state index in [9.17, 15) is 19.2 Å². The molecule has 1 aliphatic rings. The molecule has 0 spiro atoms. The molecule has 0 bridgehead atoms. The summed E-state index contributed by atoms with van der Waals surface area (Å²) < 4.78 is 16.1. The number of benzene rings is 2. The van der Waals surface area contributed by atoms with Crippen molar-refractivity contribution in [3.05, 3.63) is 87.4 Å². The highest BCUT2D eigenvalue weighted by molar-refractivity contribution is 9.10. The number of carbonyl (C=O) groups is 4. The van der Waals surface area contributed by atoms with E-state index in [1.54, 1.807) is 18.2 Å². The predicted molar refractivity (Wildman–Crippen MR) is 137 cm³/mol. The molecule has 190 valence electrons. The molecule has 2 aromatic carbocycles.